The standard InChI is InChI=1S/C14H15N3S/c1-10(15)9-11-12-5-2-3-7-17(12)14(16-11)13-6-4-8-18-13/h2-8,10H,9,15H2,1H3. The lowest BCUT2D eigenvalue weighted by molar-refractivity contribution is 0.729. The lowest BCUT2D eigenvalue weighted by Gasteiger charge is -2.01. The third-order valence-corrected chi connectivity index (χ3v) is 3.75. The van der Waals surface area contributed by atoms with Crippen molar-refractivity contribution in [2.24, 2.45) is 5.73 Å². The Morgan fingerprint density at radius 1 is 1.33 bits per heavy atom. The van der Waals surface area contributed by atoms with Gasteiger partial charge < -0.3 is 5.73 Å². The average Bonchev–Trinajstić information content (AvgIpc) is 2.96. The number of fused-ring (bicyclic) bond motifs is 1. The zero-order valence-corrected chi connectivity index (χ0v) is 11.0. The van der Waals surface area contributed by atoms with Crippen molar-refractivity contribution in [3.05, 3.63) is 47.6 Å². The summed E-state index contributed by atoms with van der Waals surface area (Å²) in [5.74, 6) is 1.01. The van der Waals surface area contributed by atoms with Crippen molar-refractivity contribution >= 4 is 16.9 Å². The molecule has 92 valence electrons. The third-order valence-electron chi connectivity index (χ3n) is 2.88. The van der Waals surface area contributed by atoms with Crippen LogP contribution in [0, 0.1) is 0 Å². The van der Waals surface area contributed by atoms with Gasteiger partial charge >= 0.3 is 0 Å². The molecule has 1 atom stereocenters. The van der Waals surface area contributed by atoms with E-state index in [0.717, 1.165) is 23.5 Å². The van der Waals surface area contributed by atoms with Crippen LogP contribution >= 0.6 is 11.3 Å². The van der Waals surface area contributed by atoms with Gasteiger partial charge in [0.25, 0.3) is 0 Å². The van der Waals surface area contributed by atoms with Crippen molar-refractivity contribution in [3.8, 4) is 10.7 Å². The molecule has 0 amide bonds. The molecular weight excluding hydrogens is 242 g/mol. The number of rotatable bonds is 3. The molecule has 3 aromatic rings. The van der Waals surface area contributed by atoms with Gasteiger partial charge in [-0.1, -0.05) is 12.1 Å². The molecular formula is C14H15N3S. The van der Waals surface area contributed by atoms with E-state index in [-0.39, 0.29) is 6.04 Å². The molecule has 0 fully saturated rings. The molecule has 1 unspecified atom stereocenters. The van der Waals surface area contributed by atoms with Gasteiger partial charge in [-0.3, -0.25) is 4.40 Å². The van der Waals surface area contributed by atoms with E-state index >= 15 is 0 Å². The van der Waals surface area contributed by atoms with Crippen LogP contribution in [0.2, 0.25) is 0 Å². The molecule has 0 bridgehead atoms. The van der Waals surface area contributed by atoms with Crippen molar-refractivity contribution in [1.82, 2.24) is 9.38 Å². The first-order valence-corrected chi connectivity index (χ1v) is 6.89. The summed E-state index contributed by atoms with van der Waals surface area (Å²) < 4.78 is 2.14. The summed E-state index contributed by atoms with van der Waals surface area (Å²) in [5.41, 5.74) is 8.13. The maximum Gasteiger partial charge on any atom is 0.154 e. The minimum atomic E-state index is 0.125. The number of nitrogens with zero attached hydrogens (tertiary/aromatic N) is 2. The summed E-state index contributed by atoms with van der Waals surface area (Å²) in [6.07, 6.45) is 2.86. The van der Waals surface area contributed by atoms with Crippen molar-refractivity contribution in [2.75, 3.05) is 0 Å². The highest BCUT2D eigenvalue weighted by molar-refractivity contribution is 7.13. The molecule has 0 aliphatic heterocycles. The molecule has 3 heterocycles. The van der Waals surface area contributed by atoms with E-state index < -0.39 is 0 Å². The second kappa shape index (κ2) is 4.55. The third kappa shape index (κ3) is 1.94. The molecule has 0 aliphatic carbocycles. The van der Waals surface area contributed by atoms with Crippen LogP contribution in [0.4, 0.5) is 0 Å². The first kappa shape index (κ1) is 11.4. The van der Waals surface area contributed by atoms with Gasteiger partial charge in [-0.15, -0.1) is 11.3 Å². The Labute approximate surface area is 110 Å². The van der Waals surface area contributed by atoms with Crippen LogP contribution in [0.1, 0.15) is 12.6 Å². The van der Waals surface area contributed by atoms with Crippen LogP contribution in [0.25, 0.3) is 16.2 Å². The molecule has 0 aromatic carbocycles. The monoisotopic (exact) mass is 257 g/mol. The summed E-state index contributed by atoms with van der Waals surface area (Å²) in [6.45, 7) is 2.01. The van der Waals surface area contributed by atoms with Gasteiger partial charge in [0.1, 0.15) is 0 Å². The highest BCUT2D eigenvalue weighted by Crippen LogP contribution is 2.26. The van der Waals surface area contributed by atoms with Crippen LogP contribution in [0.3, 0.4) is 0 Å². The van der Waals surface area contributed by atoms with Gasteiger partial charge in [0, 0.05) is 18.7 Å². The molecule has 0 aliphatic rings. The first-order chi connectivity index (χ1) is 8.75. The predicted octanol–water partition coefficient (Wildman–Crippen LogP) is 2.95. The molecule has 4 heteroatoms. The zero-order valence-electron chi connectivity index (χ0n) is 10.2. The number of nitrogens with two attached hydrogens (primary N) is 1. The van der Waals surface area contributed by atoms with Crippen molar-refractivity contribution in [3.63, 3.8) is 0 Å². The van der Waals surface area contributed by atoms with Crippen LogP contribution in [-0.4, -0.2) is 15.4 Å². The van der Waals surface area contributed by atoms with E-state index in [1.807, 2.05) is 19.1 Å². The molecule has 0 saturated heterocycles. The topological polar surface area (TPSA) is 43.3 Å². The fraction of sp³-hybridized carbons (Fsp3) is 0.214. The number of pyridine rings is 1. The van der Waals surface area contributed by atoms with Gasteiger partial charge in [0.05, 0.1) is 16.1 Å². The Bertz CT molecular complexity index is 653. The Hall–Kier alpha value is -1.65. The summed E-state index contributed by atoms with van der Waals surface area (Å²) in [5, 5.41) is 2.07. The number of thiophene rings is 1. The van der Waals surface area contributed by atoms with Crippen LogP contribution < -0.4 is 5.73 Å². The number of aromatic nitrogens is 2. The normalized spacial score (nSPS) is 13.0. The van der Waals surface area contributed by atoms with Gasteiger partial charge in [-0.05, 0) is 30.5 Å². The highest BCUT2D eigenvalue weighted by Gasteiger charge is 2.13. The molecule has 0 radical (unpaired) electrons. The van der Waals surface area contributed by atoms with Gasteiger partial charge in [-0.25, -0.2) is 4.98 Å². The fourth-order valence-corrected chi connectivity index (χ4v) is 2.85. The minimum absolute atomic E-state index is 0.125. The molecule has 0 spiro atoms. The van der Waals surface area contributed by atoms with E-state index in [1.165, 1.54) is 4.88 Å². The summed E-state index contributed by atoms with van der Waals surface area (Å²) in [4.78, 5) is 5.95. The largest absolute Gasteiger partial charge is 0.328 e. The highest BCUT2D eigenvalue weighted by atomic mass is 32.1. The lowest BCUT2D eigenvalue weighted by Crippen LogP contribution is -2.18. The smallest absolute Gasteiger partial charge is 0.154 e. The zero-order chi connectivity index (χ0) is 12.5. The molecule has 18 heavy (non-hydrogen) atoms. The van der Waals surface area contributed by atoms with Crippen LogP contribution in [-0.2, 0) is 6.42 Å². The fourth-order valence-electron chi connectivity index (χ4n) is 2.14. The summed E-state index contributed by atoms with van der Waals surface area (Å²) in [7, 11) is 0. The summed E-state index contributed by atoms with van der Waals surface area (Å²) >= 11 is 1.71. The SMILES string of the molecule is CC(N)Cc1nc(-c2cccs2)n2ccccc12. The maximum absolute atomic E-state index is 5.90. The van der Waals surface area contributed by atoms with E-state index in [9.17, 15) is 0 Å². The van der Waals surface area contributed by atoms with Crippen molar-refractivity contribution in [1.29, 1.82) is 0 Å². The number of hydrogen-bond acceptors (Lipinski definition) is 3. The average molecular weight is 257 g/mol. The Kier molecular flexibility index (Phi) is 2.89. The van der Waals surface area contributed by atoms with E-state index in [4.69, 9.17) is 10.7 Å². The molecule has 0 saturated carbocycles. The maximum atomic E-state index is 5.90. The molecule has 3 aromatic heterocycles. The van der Waals surface area contributed by atoms with Crippen LogP contribution in [0.15, 0.2) is 41.9 Å². The molecule has 3 nitrogen and oxygen atoms in total. The Balaban J connectivity index is 2.21. The minimum Gasteiger partial charge on any atom is -0.328 e. The van der Waals surface area contributed by atoms with E-state index in [1.54, 1.807) is 11.3 Å². The number of hydrogen-bond donors (Lipinski definition) is 1. The van der Waals surface area contributed by atoms with Crippen LogP contribution in [0.5, 0.6) is 0 Å². The quantitative estimate of drug-likeness (QED) is 0.784. The van der Waals surface area contributed by atoms with Crippen molar-refractivity contribution in [2.45, 2.75) is 19.4 Å². The molecule has 3 rings (SSSR count). The predicted molar refractivity (Wildman–Crippen MR) is 75.9 cm³/mol. The van der Waals surface area contributed by atoms with Gasteiger partial charge in [-0.2, -0.15) is 0 Å². The van der Waals surface area contributed by atoms with Gasteiger partial charge in [0.2, 0.25) is 0 Å². The number of imidazole rings is 1. The van der Waals surface area contributed by atoms with Gasteiger partial charge in [0.15, 0.2) is 5.82 Å². The molecule has 2 N–H and O–H groups in total. The second-order valence-corrected chi connectivity index (χ2v) is 5.44. The Morgan fingerprint density at radius 3 is 2.94 bits per heavy atom. The van der Waals surface area contributed by atoms with Crippen molar-refractivity contribution < 1.29 is 0 Å². The summed E-state index contributed by atoms with van der Waals surface area (Å²) in [6, 6.07) is 10.4. The first-order valence-electron chi connectivity index (χ1n) is 6.01. The Morgan fingerprint density at radius 2 is 2.22 bits per heavy atom. The lowest BCUT2D eigenvalue weighted by atomic mass is 10.2. The second-order valence-electron chi connectivity index (χ2n) is 4.50. The van der Waals surface area contributed by atoms with E-state index in [0.29, 0.717) is 0 Å². The van der Waals surface area contributed by atoms with E-state index in [2.05, 4.69) is 34.2 Å².